The first-order chi connectivity index (χ1) is 15.2. The molecule has 3 rings (SSSR count). The Labute approximate surface area is 188 Å². The summed E-state index contributed by atoms with van der Waals surface area (Å²) in [5.41, 5.74) is 2.51. The fourth-order valence-corrected chi connectivity index (χ4v) is 3.70. The number of amides is 3. The van der Waals surface area contributed by atoms with Crippen LogP contribution < -0.4 is 14.8 Å². The molecule has 0 unspecified atom stereocenters. The zero-order valence-corrected chi connectivity index (χ0v) is 19.5. The molecule has 32 heavy (non-hydrogen) atoms. The van der Waals surface area contributed by atoms with Crippen LogP contribution in [-0.2, 0) is 11.8 Å². The van der Waals surface area contributed by atoms with Crippen molar-refractivity contribution in [1.29, 1.82) is 0 Å². The Morgan fingerprint density at radius 1 is 1.25 bits per heavy atom. The number of rotatable bonds is 7. The zero-order chi connectivity index (χ0) is 23.4. The lowest BCUT2D eigenvalue weighted by molar-refractivity contribution is -0.133. The summed E-state index contributed by atoms with van der Waals surface area (Å²) in [4.78, 5) is 27.0. The summed E-state index contributed by atoms with van der Waals surface area (Å²) in [5.74, 6) is 1.02. The Bertz CT molecular complexity index is 1010. The summed E-state index contributed by atoms with van der Waals surface area (Å²) >= 11 is 0. The van der Waals surface area contributed by atoms with Crippen LogP contribution in [0.4, 0.5) is 4.79 Å². The zero-order valence-electron chi connectivity index (χ0n) is 19.5. The number of nitrogens with one attached hydrogen (secondary N) is 1. The number of hydrogen-bond donors (Lipinski definition) is 1. The van der Waals surface area contributed by atoms with Gasteiger partial charge in [0.05, 0.1) is 31.7 Å². The van der Waals surface area contributed by atoms with Crippen LogP contribution in [0.3, 0.4) is 0 Å². The van der Waals surface area contributed by atoms with Gasteiger partial charge in [0.2, 0.25) is 0 Å². The van der Waals surface area contributed by atoms with Crippen molar-refractivity contribution >= 4 is 17.6 Å². The number of ether oxygens (including phenoxy) is 2. The van der Waals surface area contributed by atoms with E-state index in [1.807, 2.05) is 62.0 Å². The van der Waals surface area contributed by atoms with Gasteiger partial charge in [0.1, 0.15) is 18.0 Å². The van der Waals surface area contributed by atoms with Crippen molar-refractivity contribution < 1.29 is 19.1 Å². The molecular weight excluding hydrogens is 410 g/mol. The summed E-state index contributed by atoms with van der Waals surface area (Å²) in [7, 11) is 6.72. The van der Waals surface area contributed by atoms with Crippen LogP contribution in [0.5, 0.6) is 11.5 Å². The van der Waals surface area contributed by atoms with E-state index in [2.05, 4.69) is 10.4 Å². The number of hydrazone groups is 1. The van der Waals surface area contributed by atoms with Crippen LogP contribution in [0.25, 0.3) is 0 Å². The predicted octanol–water partition coefficient (Wildman–Crippen LogP) is 2.77. The minimum Gasteiger partial charge on any atom is -0.497 e. The summed E-state index contributed by atoms with van der Waals surface area (Å²) in [6.07, 6.45) is 2.45. The van der Waals surface area contributed by atoms with Crippen molar-refractivity contribution in [3.8, 4) is 11.5 Å². The second kappa shape index (κ2) is 9.76. The molecule has 1 aliphatic heterocycles. The highest BCUT2D eigenvalue weighted by Gasteiger charge is 2.36. The van der Waals surface area contributed by atoms with E-state index in [0.29, 0.717) is 17.9 Å². The minimum absolute atomic E-state index is 0.0254. The lowest BCUT2D eigenvalue weighted by Crippen LogP contribution is -2.45. The van der Waals surface area contributed by atoms with Crippen LogP contribution in [-0.4, -0.2) is 66.0 Å². The van der Waals surface area contributed by atoms with Gasteiger partial charge in [0, 0.05) is 38.3 Å². The molecule has 0 fully saturated rings. The molecule has 1 aromatic carbocycles. The van der Waals surface area contributed by atoms with Gasteiger partial charge in [-0.1, -0.05) is 0 Å². The maximum absolute atomic E-state index is 13.3. The van der Waals surface area contributed by atoms with Crippen LogP contribution in [0, 0.1) is 0 Å². The average Bonchev–Trinajstić information content (AvgIpc) is 3.38. The van der Waals surface area contributed by atoms with E-state index < -0.39 is 0 Å². The second-order valence-corrected chi connectivity index (χ2v) is 8.08. The largest absolute Gasteiger partial charge is 0.497 e. The Kier molecular flexibility index (Phi) is 7.07. The van der Waals surface area contributed by atoms with Gasteiger partial charge in [-0.15, -0.1) is 0 Å². The standard InChI is InChI=1S/C23H31N5O4/c1-15(2)24-23(30)27(4)14-22(29)28-20(13-18(25-28)19-8-7-11-26(19)3)17-12-16(31-5)9-10-21(17)32-6/h7-12,15,20H,13-14H2,1-6H3,(H,24,30)/t20-/m0/s1. The number of hydrogen-bond acceptors (Lipinski definition) is 5. The highest BCUT2D eigenvalue weighted by Crippen LogP contribution is 2.39. The van der Waals surface area contributed by atoms with Crippen molar-refractivity contribution in [2.75, 3.05) is 27.8 Å². The number of urea groups is 1. The van der Waals surface area contributed by atoms with Crippen molar-refractivity contribution in [2.45, 2.75) is 32.4 Å². The van der Waals surface area contributed by atoms with Crippen LogP contribution in [0.15, 0.2) is 41.6 Å². The van der Waals surface area contributed by atoms with Crippen molar-refractivity contribution in [2.24, 2.45) is 12.1 Å². The molecule has 0 saturated carbocycles. The molecule has 9 nitrogen and oxygen atoms in total. The van der Waals surface area contributed by atoms with Crippen molar-refractivity contribution in [3.05, 3.63) is 47.8 Å². The van der Waals surface area contributed by atoms with Gasteiger partial charge < -0.3 is 24.3 Å². The number of carbonyl (C=O) groups excluding carboxylic acids is 2. The van der Waals surface area contributed by atoms with E-state index >= 15 is 0 Å². The third-order valence-corrected chi connectivity index (χ3v) is 5.33. The second-order valence-electron chi connectivity index (χ2n) is 8.08. The van der Waals surface area contributed by atoms with E-state index in [0.717, 1.165) is 17.0 Å². The minimum atomic E-state index is -0.390. The first-order valence-electron chi connectivity index (χ1n) is 10.5. The van der Waals surface area contributed by atoms with Crippen molar-refractivity contribution in [1.82, 2.24) is 19.8 Å². The normalized spacial score (nSPS) is 15.5. The number of aromatic nitrogens is 1. The molecule has 0 saturated heterocycles. The first kappa shape index (κ1) is 23.2. The summed E-state index contributed by atoms with van der Waals surface area (Å²) in [6, 6.07) is 8.67. The topological polar surface area (TPSA) is 88.4 Å². The lowest BCUT2D eigenvalue weighted by Gasteiger charge is -2.26. The maximum Gasteiger partial charge on any atom is 0.317 e. The first-order valence-corrected chi connectivity index (χ1v) is 10.5. The number of nitrogens with zero attached hydrogens (tertiary/aromatic N) is 4. The quantitative estimate of drug-likeness (QED) is 0.716. The molecule has 172 valence electrons. The van der Waals surface area contributed by atoms with Crippen LogP contribution in [0.2, 0.25) is 0 Å². The molecule has 0 radical (unpaired) electrons. The fourth-order valence-electron chi connectivity index (χ4n) is 3.70. The van der Waals surface area contributed by atoms with Gasteiger partial charge in [-0.3, -0.25) is 4.79 Å². The molecule has 9 heteroatoms. The molecule has 0 spiro atoms. The predicted molar refractivity (Wildman–Crippen MR) is 122 cm³/mol. The maximum atomic E-state index is 13.3. The third-order valence-electron chi connectivity index (χ3n) is 5.33. The number of carbonyl (C=O) groups is 2. The SMILES string of the molecule is COc1ccc(OC)c([C@@H]2CC(c3cccn3C)=NN2C(=O)CN(C)C(=O)NC(C)C)c1. The number of aryl methyl sites for hydroxylation is 1. The van der Waals surface area contributed by atoms with E-state index in [9.17, 15) is 9.59 Å². The van der Waals surface area contributed by atoms with Gasteiger partial charge >= 0.3 is 6.03 Å². The van der Waals surface area contributed by atoms with Gasteiger partial charge in [0.15, 0.2) is 0 Å². The van der Waals surface area contributed by atoms with E-state index in [4.69, 9.17) is 9.47 Å². The molecular formula is C23H31N5O4. The summed E-state index contributed by atoms with van der Waals surface area (Å²) in [6.45, 7) is 3.64. The molecule has 1 N–H and O–H groups in total. The van der Waals surface area contributed by atoms with Gasteiger partial charge in [-0.05, 0) is 44.2 Å². The smallest absolute Gasteiger partial charge is 0.317 e. The molecule has 1 aliphatic rings. The highest BCUT2D eigenvalue weighted by atomic mass is 16.5. The summed E-state index contributed by atoms with van der Waals surface area (Å²) < 4.78 is 12.9. The molecule has 0 aliphatic carbocycles. The Hall–Kier alpha value is -3.49. The lowest BCUT2D eigenvalue weighted by atomic mass is 9.99. The average molecular weight is 442 g/mol. The monoisotopic (exact) mass is 441 g/mol. The fraction of sp³-hybridized carbons (Fsp3) is 0.435. The van der Waals surface area contributed by atoms with Crippen LogP contribution >= 0.6 is 0 Å². The van der Waals surface area contributed by atoms with E-state index in [-0.39, 0.29) is 30.6 Å². The third kappa shape index (κ3) is 4.87. The van der Waals surface area contributed by atoms with Crippen LogP contribution in [0.1, 0.15) is 37.6 Å². The van der Waals surface area contributed by atoms with Gasteiger partial charge in [0.25, 0.3) is 5.91 Å². The van der Waals surface area contributed by atoms with Crippen molar-refractivity contribution in [3.63, 3.8) is 0 Å². The Morgan fingerprint density at radius 2 is 2.00 bits per heavy atom. The molecule has 3 amide bonds. The molecule has 2 heterocycles. The molecule has 1 atom stereocenters. The Balaban J connectivity index is 1.95. The Morgan fingerprint density at radius 3 is 2.59 bits per heavy atom. The van der Waals surface area contributed by atoms with E-state index in [1.54, 1.807) is 21.3 Å². The number of methoxy groups -OCH3 is 2. The highest BCUT2D eigenvalue weighted by molar-refractivity contribution is 6.02. The van der Waals surface area contributed by atoms with E-state index in [1.165, 1.54) is 9.91 Å². The molecule has 2 aromatic rings. The molecule has 0 bridgehead atoms. The van der Waals surface area contributed by atoms with Gasteiger partial charge in [-0.25, -0.2) is 9.80 Å². The van der Waals surface area contributed by atoms with Gasteiger partial charge in [-0.2, -0.15) is 5.10 Å². The number of likely N-dealkylation sites (N-methyl/N-ethyl adjacent to an activating group) is 1. The summed E-state index contributed by atoms with van der Waals surface area (Å²) in [5, 5.41) is 8.93. The number of benzene rings is 1. The molecule has 1 aromatic heterocycles.